The molecule has 0 saturated carbocycles. The Kier molecular flexibility index (Phi) is 4.29. The molecule has 0 amide bonds. The van der Waals surface area contributed by atoms with Crippen molar-refractivity contribution in [1.29, 1.82) is 0 Å². The minimum atomic E-state index is -0.672. The topological polar surface area (TPSA) is 84.6 Å². The number of rotatable bonds is 5. The second kappa shape index (κ2) is 6.91. The number of ether oxygens (including phenoxy) is 1. The number of anilines is 2. The quantitative estimate of drug-likeness (QED) is 0.564. The smallest absolute Gasteiger partial charge is 0.178 e. The number of halogens is 1. The summed E-state index contributed by atoms with van der Waals surface area (Å²) < 4.78 is 20.4. The molecule has 2 heterocycles. The number of methoxy groups -OCH3 is 1. The van der Waals surface area contributed by atoms with Crippen LogP contribution in [0.15, 0.2) is 54.6 Å². The maximum atomic E-state index is 13.6. The molecule has 2 N–H and O–H groups in total. The molecule has 0 spiro atoms. The van der Waals surface area contributed by atoms with E-state index in [1.54, 1.807) is 29.8 Å². The number of fused-ring (bicyclic) bond motifs is 1. The molecular weight excluding hydrogens is 349 g/mol. The molecule has 2 aromatic heterocycles. The Morgan fingerprint density at radius 3 is 2.81 bits per heavy atom. The lowest BCUT2D eigenvalue weighted by molar-refractivity contribution is 0.415. The summed E-state index contributed by atoms with van der Waals surface area (Å²) in [4.78, 5) is 0. The Hall–Kier alpha value is -3.68. The first-order valence-corrected chi connectivity index (χ1v) is 8.22. The monoisotopic (exact) mass is 365 g/mol. The third-order valence-electron chi connectivity index (χ3n) is 4.04. The Morgan fingerprint density at radius 2 is 2.00 bits per heavy atom. The summed E-state index contributed by atoms with van der Waals surface area (Å²) in [5.41, 5.74) is 2.07. The van der Waals surface area contributed by atoms with Crippen LogP contribution in [-0.2, 0) is 6.42 Å². The van der Waals surface area contributed by atoms with E-state index in [-0.39, 0.29) is 5.75 Å². The first kappa shape index (κ1) is 16.8. The van der Waals surface area contributed by atoms with Gasteiger partial charge in [0, 0.05) is 18.2 Å². The fourth-order valence-electron chi connectivity index (χ4n) is 2.70. The third-order valence-corrected chi connectivity index (χ3v) is 4.04. The molecule has 4 aromatic rings. The van der Waals surface area contributed by atoms with Crippen molar-refractivity contribution in [3.05, 3.63) is 71.8 Å². The van der Waals surface area contributed by atoms with E-state index in [9.17, 15) is 9.50 Å². The average molecular weight is 365 g/mol. The molecule has 0 atom stereocenters. The maximum Gasteiger partial charge on any atom is 0.178 e. The Labute approximate surface area is 154 Å². The van der Waals surface area contributed by atoms with Crippen LogP contribution in [0.1, 0.15) is 11.4 Å². The van der Waals surface area contributed by atoms with Gasteiger partial charge in [-0.15, -0.1) is 15.3 Å². The van der Waals surface area contributed by atoms with Crippen molar-refractivity contribution in [2.24, 2.45) is 0 Å². The summed E-state index contributed by atoms with van der Waals surface area (Å²) in [7, 11) is 1.61. The molecule has 0 radical (unpaired) electrons. The molecule has 0 aliphatic carbocycles. The van der Waals surface area contributed by atoms with Crippen molar-refractivity contribution >= 4 is 17.2 Å². The van der Waals surface area contributed by atoms with Crippen LogP contribution in [0.25, 0.3) is 5.65 Å². The fourth-order valence-corrected chi connectivity index (χ4v) is 2.70. The van der Waals surface area contributed by atoms with Gasteiger partial charge in [-0.3, -0.25) is 0 Å². The third kappa shape index (κ3) is 3.50. The zero-order chi connectivity index (χ0) is 18.8. The Balaban J connectivity index is 1.63. The van der Waals surface area contributed by atoms with E-state index in [4.69, 9.17) is 4.74 Å². The van der Waals surface area contributed by atoms with E-state index in [2.05, 4.69) is 20.6 Å². The van der Waals surface area contributed by atoms with Gasteiger partial charge >= 0.3 is 0 Å². The highest BCUT2D eigenvalue weighted by molar-refractivity contribution is 5.59. The van der Waals surface area contributed by atoms with Gasteiger partial charge in [-0.2, -0.15) is 4.52 Å². The first-order chi connectivity index (χ1) is 13.1. The number of hydrogen-bond donors (Lipinski definition) is 2. The van der Waals surface area contributed by atoms with Crippen molar-refractivity contribution in [2.75, 3.05) is 12.4 Å². The predicted molar refractivity (Wildman–Crippen MR) is 97.9 cm³/mol. The summed E-state index contributed by atoms with van der Waals surface area (Å²) in [5, 5.41) is 25.3. The van der Waals surface area contributed by atoms with E-state index in [0.717, 1.165) is 11.4 Å². The normalized spacial score (nSPS) is 10.9. The fraction of sp³-hybridized carbons (Fsp3) is 0.105. The number of aromatic hydroxyl groups is 1. The van der Waals surface area contributed by atoms with Gasteiger partial charge < -0.3 is 15.2 Å². The minimum Gasteiger partial charge on any atom is -0.505 e. The number of nitrogens with one attached hydrogen (secondary N) is 1. The van der Waals surface area contributed by atoms with Crippen molar-refractivity contribution < 1.29 is 14.2 Å². The standard InChI is InChI=1S/C19H16FN5O2/c1-27-14-4-2-3-13(11-14)21-17-7-8-18-22-23-19(25(18)24-17)10-12-5-6-16(26)15(20)9-12/h2-9,11,26H,10H2,1H3,(H,21,24). The maximum absolute atomic E-state index is 13.6. The molecule has 8 heteroatoms. The number of phenolic OH excluding ortho intramolecular Hbond substituents is 1. The molecule has 0 unspecified atom stereocenters. The highest BCUT2D eigenvalue weighted by Gasteiger charge is 2.10. The molecule has 27 heavy (non-hydrogen) atoms. The highest BCUT2D eigenvalue weighted by Crippen LogP contribution is 2.21. The van der Waals surface area contributed by atoms with E-state index < -0.39 is 5.82 Å². The van der Waals surface area contributed by atoms with Crippen LogP contribution in [0.4, 0.5) is 15.9 Å². The van der Waals surface area contributed by atoms with E-state index in [0.29, 0.717) is 29.3 Å². The zero-order valence-electron chi connectivity index (χ0n) is 14.4. The Morgan fingerprint density at radius 1 is 1.11 bits per heavy atom. The van der Waals surface area contributed by atoms with Crippen LogP contribution in [0, 0.1) is 5.82 Å². The van der Waals surface area contributed by atoms with E-state index in [1.807, 2.05) is 24.3 Å². The molecule has 7 nitrogen and oxygen atoms in total. The van der Waals surface area contributed by atoms with E-state index in [1.165, 1.54) is 12.1 Å². The SMILES string of the molecule is COc1cccc(Nc2ccc3nnc(Cc4ccc(O)c(F)c4)n3n2)c1. The molecule has 0 fully saturated rings. The van der Waals surface area contributed by atoms with Crippen LogP contribution in [0.5, 0.6) is 11.5 Å². The van der Waals surface area contributed by atoms with Crippen LogP contribution in [-0.4, -0.2) is 32.0 Å². The van der Waals surface area contributed by atoms with Crippen molar-refractivity contribution in [2.45, 2.75) is 6.42 Å². The predicted octanol–water partition coefficient (Wildman–Crippen LogP) is 3.31. The molecule has 136 valence electrons. The van der Waals surface area contributed by atoms with Crippen LogP contribution < -0.4 is 10.1 Å². The van der Waals surface area contributed by atoms with Crippen LogP contribution >= 0.6 is 0 Å². The van der Waals surface area contributed by atoms with Gasteiger partial charge in [0.2, 0.25) is 0 Å². The number of hydrogen-bond acceptors (Lipinski definition) is 6. The van der Waals surface area contributed by atoms with Gasteiger partial charge in [0.05, 0.1) is 7.11 Å². The lowest BCUT2D eigenvalue weighted by atomic mass is 10.1. The van der Waals surface area contributed by atoms with Gasteiger partial charge in [-0.25, -0.2) is 4.39 Å². The average Bonchev–Trinajstić information content (AvgIpc) is 3.07. The molecule has 0 aliphatic heterocycles. The van der Waals surface area contributed by atoms with Gasteiger partial charge in [0.1, 0.15) is 5.75 Å². The molecule has 0 bridgehead atoms. The van der Waals surface area contributed by atoms with Gasteiger partial charge in [0.15, 0.2) is 28.9 Å². The molecule has 2 aromatic carbocycles. The summed E-state index contributed by atoms with van der Waals surface area (Å²) >= 11 is 0. The van der Waals surface area contributed by atoms with E-state index >= 15 is 0 Å². The van der Waals surface area contributed by atoms with Gasteiger partial charge in [0.25, 0.3) is 0 Å². The van der Waals surface area contributed by atoms with Crippen molar-refractivity contribution in [3.8, 4) is 11.5 Å². The van der Waals surface area contributed by atoms with Crippen LogP contribution in [0.3, 0.4) is 0 Å². The second-order valence-electron chi connectivity index (χ2n) is 5.92. The first-order valence-electron chi connectivity index (χ1n) is 8.22. The molecular formula is C19H16FN5O2. The lowest BCUT2D eigenvalue weighted by Gasteiger charge is -2.08. The van der Waals surface area contributed by atoms with Gasteiger partial charge in [-0.05, 0) is 42.0 Å². The molecule has 4 rings (SSSR count). The minimum absolute atomic E-state index is 0.327. The van der Waals surface area contributed by atoms with Gasteiger partial charge in [-0.1, -0.05) is 12.1 Å². The Bertz CT molecular complexity index is 1110. The summed E-state index contributed by atoms with van der Waals surface area (Å²) in [5.74, 6) is 0.848. The second-order valence-corrected chi connectivity index (χ2v) is 5.92. The lowest BCUT2D eigenvalue weighted by Crippen LogP contribution is -2.03. The largest absolute Gasteiger partial charge is 0.505 e. The number of phenols is 1. The molecule has 0 saturated heterocycles. The number of nitrogens with zero attached hydrogens (tertiary/aromatic N) is 4. The summed E-state index contributed by atoms with van der Waals surface area (Å²) in [6.07, 6.45) is 0.327. The summed E-state index contributed by atoms with van der Waals surface area (Å²) in [6.45, 7) is 0. The zero-order valence-corrected chi connectivity index (χ0v) is 14.4. The van der Waals surface area contributed by atoms with Crippen LogP contribution in [0.2, 0.25) is 0 Å². The summed E-state index contributed by atoms with van der Waals surface area (Å²) in [6, 6.07) is 15.3. The number of benzene rings is 2. The highest BCUT2D eigenvalue weighted by atomic mass is 19.1. The number of aromatic nitrogens is 4. The molecule has 0 aliphatic rings. The van der Waals surface area contributed by atoms with Crippen molar-refractivity contribution in [3.63, 3.8) is 0 Å². The van der Waals surface area contributed by atoms with Crippen molar-refractivity contribution in [1.82, 2.24) is 19.8 Å².